The molecule has 6 nitrogen and oxygen atoms in total. The maximum Gasteiger partial charge on any atom is 0.221 e. The summed E-state index contributed by atoms with van der Waals surface area (Å²) >= 11 is 2.76. The second-order valence-corrected chi connectivity index (χ2v) is 3.35. The van der Waals surface area contributed by atoms with Crippen LogP contribution in [0.25, 0.3) is 10.4 Å². The first-order chi connectivity index (χ1) is 6.30. The van der Waals surface area contributed by atoms with E-state index in [0.717, 1.165) is 0 Å². The molecule has 0 amide bonds. The second-order valence-electron chi connectivity index (χ2n) is 1.80. The van der Waals surface area contributed by atoms with Gasteiger partial charge in [0, 0.05) is 4.91 Å². The summed E-state index contributed by atoms with van der Waals surface area (Å²) in [5, 5.41) is 4.43. The molecule has 1 aromatic heterocycles. The standard InChI is InChI=1S/C5H6N6S2/c1-12-4-7-3(10-11-6)8-5(9-4)13-2/h1-2H3. The second kappa shape index (κ2) is 4.90. The van der Waals surface area contributed by atoms with Gasteiger partial charge in [-0.25, -0.2) is 9.97 Å². The average Bonchev–Trinajstić information content (AvgIpc) is 2.17. The average molecular weight is 214 g/mol. The van der Waals surface area contributed by atoms with Crippen molar-refractivity contribution in [3.05, 3.63) is 10.4 Å². The maximum absolute atomic E-state index is 8.19. The summed E-state index contributed by atoms with van der Waals surface area (Å²) in [4.78, 5) is 14.5. The molecule has 0 aliphatic heterocycles. The maximum atomic E-state index is 8.19. The largest absolute Gasteiger partial charge is 0.221 e. The minimum absolute atomic E-state index is 0.117. The molecule has 0 N–H and O–H groups in total. The predicted octanol–water partition coefficient (Wildman–Crippen LogP) is 2.26. The lowest BCUT2D eigenvalue weighted by Crippen LogP contribution is -1.92. The molecule has 1 aromatic rings. The first-order valence-electron chi connectivity index (χ1n) is 3.19. The van der Waals surface area contributed by atoms with E-state index in [2.05, 4.69) is 25.0 Å². The van der Waals surface area contributed by atoms with Gasteiger partial charge >= 0.3 is 0 Å². The fourth-order valence-corrected chi connectivity index (χ4v) is 1.35. The Morgan fingerprint density at radius 1 is 1.15 bits per heavy atom. The van der Waals surface area contributed by atoms with Crippen molar-refractivity contribution in [1.29, 1.82) is 0 Å². The van der Waals surface area contributed by atoms with E-state index in [-0.39, 0.29) is 5.95 Å². The highest BCUT2D eigenvalue weighted by atomic mass is 32.2. The summed E-state index contributed by atoms with van der Waals surface area (Å²) in [6, 6.07) is 0. The predicted molar refractivity (Wildman–Crippen MR) is 52.2 cm³/mol. The topological polar surface area (TPSA) is 87.4 Å². The number of aromatic nitrogens is 3. The van der Waals surface area contributed by atoms with Crippen LogP contribution in [0, 0.1) is 0 Å². The van der Waals surface area contributed by atoms with Crippen molar-refractivity contribution in [2.45, 2.75) is 10.3 Å². The first kappa shape index (κ1) is 10.1. The van der Waals surface area contributed by atoms with E-state index < -0.39 is 0 Å². The van der Waals surface area contributed by atoms with Crippen molar-refractivity contribution in [2.24, 2.45) is 5.11 Å². The molecule has 0 fully saturated rings. The van der Waals surface area contributed by atoms with Gasteiger partial charge in [-0.05, 0) is 23.2 Å². The molecule has 0 aliphatic rings. The van der Waals surface area contributed by atoms with Crippen LogP contribution in [0.3, 0.4) is 0 Å². The highest BCUT2D eigenvalue weighted by Gasteiger charge is 2.02. The third-order valence-electron chi connectivity index (χ3n) is 1.08. The zero-order chi connectivity index (χ0) is 9.68. The van der Waals surface area contributed by atoms with Gasteiger partial charge in [-0.3, -0.25) is 0 Å². The third-order valence-corrected chi connectivity index (χ3v) is 2.18. The van der Waals surface area contributed by atoms with E-state index in [0.29, 0.717) is 10.3 Å². The Balaban J connectivity index is 3.14. The summed E-state index contributed by atoms with van der Waals surface area (Å²) in [5.41, 5.74) is 8.19. The summed E-state index contributed by atoms with van der Waals surface area (Å²) in [7, 11) is 0. The van der Waals surface area contributed by atoms with Gasteiger partial charge in [0.25, 0.3) is 0 Å². The first-order valence-corrected chi connectivity index (χ1v) is 5.64. The molecular formula is C5H6N6S2. The van der Waals surface area contributed by atoms with Crippen LogP contribution in [0.5, 0.6) is 0 Å². The molecule has 0 spiro atoms. The van der Waals surface area contributed by atoms with Crippen LogP contribution in [-0.2, 0) is 0 Å². The van der Waals surface area contributed by atoms with Gasteiger partial charge in [-0.15, -0.1) is 0 Å². The van der Waals surface area contributed by atoms with Crippen molar-refractivity contribution in [3.8, 4) is 0 Å². The van der Waals surface area contributed by atoms with Crippen LogP contribution in [0.15, 0.2) is 15.4 Å². The number of azide groups is 1. The normalized spacial score (nSPS) is 9.38. The number of thioether (sulfide) groups is 2. The lowest BCUT2D eigenvalue weighted by molar-refractivity contribution is 0.803. The summed E-state index contributed by atoms with van der Waals surface area (Å²) in [6.07, 6.45) is 3.69. The Kier molecular flexibility index (Phi) is 3.81. The molecule has 8 heteroatoms. The Bertz CT molecular complexity index is 325. The minimum atomic E-state index is 0.117. The molecule has 0 bridgehead atoms. The van der Waals surface area contributed by atoms with E-state index >= 15 is 0 Å². The van der Waals surface area contributed by atoms with E-state index in [1.54, 1.807) is 0 Å². The molecule has 0 saturated carbocycles. The Morgan fingerprint density at radius 2 is 1.69 bits per heavy atom. The molecule has 1 heterocycles. The van der Waals surface area contributed by atoms with Crippen LogP contribution >= 0.6 is 23.5 Å². The van der Waals surface area contributed by atoms with Crippen LogP contribution in [0.2, 0.25) is 0 Å². The fourth-order valence-electron chi connectivity index (χ4n) is 0.595. The zero-order valence-corrected chi connectivity index (χ0v) is 8.63. The Hall–Kier alpha value is -0.980. The van der Waals surface area contributed by atoms with Gasteiger partial charge in [-0.1, -0.05) is 23.5 Å². The molecule has 0 atom stereocenters. The van der Waals surface area contributed by atoms with Crippen molar-refractivity contribution >= 4 is 29.5 Å². The van der Waals surface area contributed by atoms with Crippen LogP contribution in [-0.4, -0.2) is 27.5 Å². The third kappa shape index (κ3) is 2.76. The summed E-state index contributed by atoms with van der Waals surface area (Å²) in [5.74, 6) is 0.117. The van der Waals surface area contributed by atoms with Crippen molar-refractivity contribution in [3.63, 3.8) is 0 Å². The van der Waals surface area contributed by atoms with Crippen molar-refractivity contribution in [2.75, 3.05) is 12.5 Å². The lowest BCUT2D eigenvalue weighted by atomic mass is 11.0. The van der Waals surface area contributed by atoms with Crippen LogP contribution < -0.4 is 0 Å². The summed E-state index contributed by atoms with van der Waals surface area (Å²) in [6.45, 7) is 0. The molecule has 0 aliphatic carbocycles. The smallest absolute Gasteiger partial charge is 0.201 e. The van der Waals surface area contributed by atoms with Crippen LogP contribution in [0.1, 0.15) is 0 Å². The number of nitrogens with zero attached hydrogens (tertiary/aromatic N) is 6. The molecule has 1 rings (SSSR count). The molecule has 0 aromatic carbocycles. The van der Waals surface area contributed by atoms with Gasteiger partial charge in [0.15, 0.2) is 10.3 Å². The SMILES string of the molecule is CSc1nc(N=[N+]=[N-])nc(SC)n1. The van der Waals surface area contributed by atoms with Crippen molar-refractivity contribution in [1.82, 2.24) is 15.0 Å². The molecular weight excluding hydrogens is 208 g/mol. The van der Waals surface area contributed by atoms with E-state index in [4.69, 9.17) is 5.53 Å². The Labute approximate surface area is 83.2 Å². The van der Waals surface area contributed by atoms with Gasteiger partial charge in [0.2, 0.25) is 5.95 Å². The quantitative estimate of drug-likeness (QED) is 0.333. The molecule has 0 radical (unpaired) electrons. The van der Waals surface area contributed by atoms with Crippen LogP contribution in [0.4, 0.5) is 5.95 Å². The molecule has 0 unspecified atom stereocenters. The Morgan fingerprint density at radius 3 is 2.08 bits per heavy atom. The molecule has 13 heavy (non-hydrogen) atoms. The number of rotatable bonds is 3. The fraction of sp³-hybridized carbons (Fsp3) is 0.400. The van der Waals surface area contributed by atoms with E-state index in [1.807, 2.05) is 12.5 Å². The van der Waals surface area contributed by atoms with Gasteiger partial charge in [0.1, 0.15) is 0 Å². The molecule has 68 valence electrons. The minimum Gasteiger partial charge on any atom is -0.201 e. The van der Waals surface area contributed by atoms with Crippen molar-refractivity contribution < 1.29 is 0 Å². The highest BCUT2D eigenvalue weighted by molar-refractivity contribution is 7.99. The summed E-state index contributed by atoms with van der Waals surface area (Å²) < 4.78 is 0. The molecule has 0 saturated heterocycles. The van der Waals surface area contributed by atoms with Gasteiger partial charge in [-0.2, -0.15) is 4.98 Å². The van der Waals surface area contributed by atoms with E-state index in [9.17, 15) is 0 Å². The van der Waals surface area contributed by atoms with Gasteiger partial charge in [0.05, 0.1) is 0 Å². The number of hydrogen-bond acceptors (Lipinski definition) is 6. The highest BCUT2D eigenvalue weighted by Crippen LogP contribution is 2.17. The van der Waals surface area contributed by atoms with E-state index in [1.165, 1.54) is 23.5 Å². The monoisotopic (exact) mass is 214 g/mol. The van der Waals surface area contributed by atoms with Gasteiger partial charge < -0.3 is 0 Å². The zero-order valence-electron chi connectivity index (χ0n) is 7.00. The lowest BCUT2D eigenvalue weighted by Gasteiger charge is -1.98. The number of hydrogen-bond donors (Lipinski definition) is 0.